The molecule has 1 heterocycles. The van der Waals surface area contributed by atoms with Gasteiger partial charge < -0.3 is 15.6 Å². The van der Waals surface area contributed by atoms with Crippen LogP contribution in [0.5, 0.6) is 0 Å². The molecule has 1 rings (SSSR count). The lowest BCUT2D eigenvalue weighted by atomic mass is 9.92. The van der Waals surface area contributed by atoms with Crippen LogP contribution in [0.1, 0.15) is 30.7 Å². The Morgan fingerprint density at radius 2 is 2.06 bits per heavy atom. The monoisotopic (exact) mass is 248 g/mol. The maximum Gasteiger partial charge on any atom is 0.227 e. The second kappa shape index (κ2) is 4.73. The molecule has 0 atom stereocenters. The van der Waals surface area contributed by atoms with Crippen molar-refractivity contribution >= 4 is 11.7 Å². The van der Waals surface area contributed by atoms with Crippen molar-refractivity contribution in [3.63, 3.8) is 0 Å². The van der Waals surface area contributed by atoms with Gasteiger partial charge in [-0.15, -0.1) is 0 Å². The molecule has 0 aliphatic rings. The number of aromatic nitrogens is 1. The van der Waals surface area contributed by atoms with E-state index in [2.05, 4.69) is 11.4 Å². The number of nitrogens with zero attached hydrogens (tertiary/aromatic N) is 2. The number of amides is 1. The minimum absolute atomic E-state index is 0.0499. The smallest absolute Gasteiger partial charge is 0.227 e. The average molecular weight is 248 g/mol. The van der Waals surface area contributed by atoms with E-state index in [1.54, 1.807) is 7.05 Å². The second-order valence-electron chi connectivity index (χ2n) is 5.13. The molecule has 0 aromatic carbocycles. The van der Waals surface area contributed by atoms with Gasteiger partial charge in [0.1, 0.15) is 11.9 Å². The summed E-state index contributed by atoms with van der Waals surface area (Å²) in [5, 5.41) is 11.7. The van der Waals surface area contributed by atoms with Gasteiger partial charge >= 0.3 is 0 Å². The van der Waals surface area contributed by atoms with Crippen LogP contribution in [0, 0.1) is 30.6 Å². The van der Waals surface area contributed by atoms with Gasteiger partial charge in [-0.25, -0.2) is 0 Å². The molecule has 1 amide bonds. The van der Waals surface area contributed by atoms with Gasteiger partial charge in [0.2, 0.25) is 5.91 Å². The molecule has 0 saturated carbocycles. The fourth-order valence-corrected chi connectivity index (χ4v) is 2.04. The Bertz CT molecular complexity index is 520. The summed E-state index contributed by atoms with van der Waals surface area (Å²) in [4.78, 5) is 11.8. The Morgan fingerprint density at radius 1 is 1.50 bits per heavy atom. The van der Waals surface area contributed by atoms with Crippen molar-refractivity contribution in [3.8, 4) is 6.07 Å². The molecule has 18 heavy (non-hydrogen) atoms. The van der Waals surface area contributed by atoms with E-state index in [-0.39, 0.29) is 5.91 Å². The van der Waals surface area contributed by atoms with Crippen LogP contribution in [0.2, 0.25) is 0 Å². The Kier molecular flexibility index (Phi) is 3.70. The highest BCUT2D eigenvalue weighted by molar-refractivity contribution is 5.81. The number of nitriles is 1. The van der Waals surface area contributed by atoms with Crippen LogP contribution >= 0.6 is 0 Å². The molecular weight excluding hydrogens is 228 g/mol. The zero-order valence-electron chi connectivity index (χ0n) is 11.6. The molecule has 5 nitrogen and oxygen atoms in total. The second-order valence-corrected chi connectivity index (χ2v) is 5.13. The predicted molar refractivity (Wildman–Crippen MR) is 70.9 cm³/mol. The van der Waals surface area contributed by atoms with E-state index in [0.717, 1.165) is 11.3 Å². The summed E-state index contributed by atoms with van der Waals surface area (Å²) in [6.45, 7) is 7.94. The van der Waals surface area contributed by atoms with Crippen molar-refractivity contribution in [1.82, 2.24) is 9.88 Å². The summed E-state index contributed by atoms with van der Waals surface area (Å²) in [6, 6.07) is 2.11. The van der Waals surface area contributed by atoms with Crippen LogP contribution in [-0.4, -0.2) is 17.5 Å². The maximum absolute atomic E-state index is 11.8. The SMILES string of the molecule is CNC(=O)C(C)(C)Cn1c(C)c(C)c(C#N)c1N. The molecule has 1 aromatic rings. The molecular formula is C13H20N4O. The number of hydrogen-bond donors (Lipinski definition) is 2. The lowest BCUT2D eigenvalue weighted by Crippen LogP contribution is -2.38. The number of nitrogens with one attached hydrogen (secondary N) is 1. The Hall–Kier alpha value is -1.96. The molecule has 3 N–H and O–H groups in total. The third-order valence-electron chi connectivity index (χ3n) is 3.38. The zero-order valence-corrected chi connectivity index (χ0v) is 11.6. The summed E-state index contributed by atoms with van der Waals surface area (Å²) >= 11 is 0. The molecule has 5 heteroatoms. The van der Waals surface area contributed by atoms with Crippen molar-refractivity contribution in [2.45, 2.75) is 34.2 Å². The first-order valence-electron chi connectivity index (χ1n) is 5.83. The van der Waals surface area contributed by atoms with Gasteiger partial charge in [-0.1, -0.05) is 0 Å². The Labute approximate surface area is 108 Å². The van der Waals surface area contributed by atoms with Crippen LogP contribution in [0.3, 0.4) is 0 Å². The fraction of sp³-hybridized carbons (Fsp3) is 0.538. The van der Waals surface area contributed by atoms with E-state index in [1.807, 2.05) is 32.3 Å². The van der Waals surface area contributed by atoms with Gasteiger partial charge in [0.25, 0.3) is 0 Å². The van der Waals surface area contributed by atoms with E-state index in [4.69, 9.17) is 11.0 Å². The van der Waals surface area contributed by atoms with Gasteiger partial charge in [-0.05, 0) is 33.3 Å². The van der Waals surface area contributed by atoms with Crippen LogP contribution in [-0.2, 0) is 11.3 Å². The molecule has 0 radical (unpaired) electrons. The number of nitrogen functional groups attached to an aromatic ring is 1. The number of rotatable bonds is 3. The molecule has 0 unspecified atom stereocenters. The van der Waals surface area contributed by atoms with Crippen LogP contribution in [0.25, 0.3) is 0 Å². The number of carbonyl (C=O) groups excluding carboxylic acids is 1. The van der Waals surface area contributed by atoms with Crippen molar-refractivity contribution in [2.24, 2.45) is 5.41 Å². The molecule has 0 fully saturated rings. The van der Waals surface area contributed by atoms with Gasteiger partial charge in [-0.2, -0.15) is 5.26 Å². The number of nitrogens with two attached hydrogens (primary N) is 1. The largest absolute Gasteiger partial charge is 0.384 e. The van der Waals surface area contributed by atoms with Crippen molar-refractivity contribution in [2.75, 3.05) is 12.8 Å². The van der Waals surface area contributed by atoms with Crippen LogP contribution < -0.4 is 11.1 Å². The predicted octanol–water partition coefficient (Wildman–Crippen LogP) is 1.33. The summed E-state index contributed by atoms with van der Waals surface area (Å²) in [5.74, 6) is 0.385. The van der Waals surface area contributed by atoms with E-state index >= 15 is 0 Å². The molecule has 0 spiro atoms. The van der Waals surface area contributed by atoms with Gasteiger partial charge in [-0.3, -0.25) is 4.79 Å². The van der Waals surface area contributed by atoms with Crippen molar-refractivity contribution < 1.29 is 4.79 Å². The standard InChI is InChI=1S/C13H20N4O/c1-8-9(2)17(11(15)10(8)6-14)7-13(3,4)12(18)16-5/h7,15H2,1-5H3,(H,16,18). The average Bonchev–Trinajstić information content (AvgIpc) is 2.52. The third-order valence-corrected chi connectivity index (χ3v) is 3.38. The topological polar surface area (TPSA) is 83.8 Å². The van der Waals surface area contributed by atoms with Crippen molar-refractivity contribution in [1.29, 1.82) is 5.26 Å². The van der Waals surface area contributed by atoms with Crippen LogP contribution in [0.4, 0.5) is 5.82 Å². The first-order valence-corrected chi connectivity index (χ1v) is 5.83. The van der Waals surface area contributed by atoms with E-state index in [1.165, 1.54) is 0 Å². The van der Waals surface area contributed by atoms with Crippen LogP contribution in [0.15, 0.2) is 0 Å². The summed E-state index contributed by atoms with van der Waals surface area (Å²) < 4.78 is 1.84. The number of carbonyl (C=O) groups is 1. The summed E-state index contributed by atoms with van der Waals surface area (Å²) in [6.07, 6.45) is 0. The van der Waals surface area contributed by atoms with Gasteiger partial charge in [0.05, 0.1) is 11.0 Å². The first-order chi connectivity index (χ1) is 8.26. The Morgan fingerprint density at radius 3 is 2.44 bits per heavy atom. The zero-order chi connectivity index (χ0) is 14.1. The Balaban J connectivity index is 3.22. The third kappa shape index (κ3) is 2.19. The highest BCUT2D eigenvalue weighted by Crippen LogP contribution is 2.28. The van der Waals surface area contributed by atoms with E-state index in [9.17, 15) is 4.79 Å². The number of anilines is 1. The lowest BCUT2D eigenvalue weighted by molar-refractivity contribution is -0.129. The fourth-order valence-electron chi connectivity index (χ4n) is 2.04. The molecule has 0 bridgehead atoms. The minimum atomic E-state index is -0.578. The van der Waals surface area contributed by atoms with Gasteiger partial charge in [0.15, 0.2) is 0 Å². The van der Waals surface area contributed by atoms with E-state index in [0.29, 0.717) is 17.9 Å². The number of hydrogen-bond acceptors (Lipinski definition) is 3. The summed E-state index contributed by atoms with van der Waals surface area (Å²) in [5.41, 5.74) is 7.70. The molecule has 98 valence electrons. The summed E-state index contributed by atoms with van der Waals surface area (Å²) in [7, 11) is 1.61. The highest BCUT2D eigenvalue weighted by Gasteiger charge is 2.29. The lowest BCUT2D eigenvalue weighted by Gasteiger charge is -2.24. The quantitative estimate of drug-likeness (QED) is 0.846. The normalized spacial score (nSPS) is 11.1. The molecule has 0 aliphatic carbocycles. The molecule has 0 saturated heterocycles. The van der Waals surface area contributed by atoms with Crippen molar-refractivity contribution in [3.05, 3.63) is 16.8 Å². The molecule has 0 aliphatic heterocycles. The minimum Gasteiger partial charge on any atom is -0.384 e. The van der Waals surface area contributed by atoms with Gasteiger partial charge in [0, 0.05) is 19.3 Å². The van der Waals surface area contributed by atoms with E-state index < -0.39 is 5.41 Å². The highest BCUT2D eigenvalue weighted by atomic mass is 16.2. The first kappa shape index (κ1) is 14.1. The molecule has 1 aromatic heterocycles. The maximum atomic E-state index is 11.8.